The van der Waals surface area contributed by atoms with Gasteiger partial charge in [0.25, 0.3) is 0 Å². The molecule has 0 aliphatic heterocycles. The van der Waals surface area contributed by atoms with E-state index in [1.54, 1.807) is 56.3 Å². The van der Waals surface area contributed by atoms with Gasteiger partial charge in [0.1, 0.15) is 6.04 Å². The minimum atomic E-state index is -4.72. The lowest BCUT2D eigenvalue weighted by Crippen LogP contribution is -2.45. The molecule has 0 unspecified atom stereocenters. The summed E-state index contributed by atoms with van der Waals surface area (Å²) in [6.45, 7) is 5.16. The average Bonchev–Trinajstić information content (AvgIpc) is 2.73. The fourth-order valence-corrected chi connectivity index (χ4v) is 5.80. The summed E-state index contributed by atoms with van der Waals surface area (Å²) in [7, 11) is -4.15. The Kier molecular flexibility index (Phi) is 7.93. The van der Waals surface area contributed by atoms with Crippen molar-refractivity contribution in [2.24, 2.45) is 0 Å². The largest absolute Gasteiger partial charge is 0.417 e. The van der Waals surface area contributed by atoms with E-state index >= 15 is 0 Å². The number of amides is 1. The topological polar surface area (TPSA) is 75.3 Å². The van der Waals surface area contributed by atoms with Crippen molar-refractivity contribution in [1.82, 2.24) is 4.72 Å². The summed E-state index contributed by atoms with van der Waals surface area (Å²) < 4.78 is 68.8. The van der Waals surface area contributed by atoms with E-state index in [1.165, 1.54) is 6.07 Å². The van der Waals surface area contributed by atoms with Crippen molar-refractivity contribution in [1.29, 1.82) is 0 Å². The van der Waals surface area contributed by atoms with Crippen LogP contribution in [0, 0.1) is 20.8 Å². The van der Waals surface area contributed by atoms with Crippen LogP contribution in [-0.4, -0.2) is 20.4 Å². The smallest absolute Gasteiger partial charge is 0.325 e. The maximum atomic E-state index is 13.3. The Bertz CT molecular complexity index is 1320. The number of aryl methyl sites for hydroxylation is 3. The van der Waals surface area contributed by atoms with Gasteiger partial charge in [-0.15, -0.1) is 0 Å². The molecule has 0 radical (unpaired) electrons. The summed E-state index contributed by atoms with van der Waals surface area (Å²) in [6.07, 6.45) is -4.74. The zero-order valence-corrected chi connectivity index (χ0v) is 20.8. The van der Waals surface area contributed by atoms with Crippen molar-refractivity contribution in [3.8, 4) is 0 Å². The van der Waals surface area contributed by atoms with Crippen LogP contribution in [0.25, 0.3) is 0 Å². The Hall–Kier alpha value is -2.88. The Morgan fingerprint density at radius 2 is 1.57 bits per heavy atom. The van der Waals surface area contributed by atoms with Gasteiger partial charge in [0.2, 0.25) is 15.9 Å². The molecule has 186 valence electrons. The van der Waals surface area contributed by atoms with Crippen molar-refractivity contribution in [3.63, 3.8) is 0 Å². The number of anilines is 1. The summed E-state index contributed by atoms with van der Waals surface area (Å²) in [5.41, 5.74) is 1.32. The molecule has 0 bridgehead atoms. The number of alkyl halides is 3. The van der Waals surface area contributed by atoms with Gasteiger partial charge < -0.3 is 5.32 Å². The number of nitrogens with one attached hydrogen (secondary N) is 2. The van der Waals surface area contributed by atoms with Gasteiger partial charge in [0.15, 0.2) is 0 Å². The predicted molar refractivity (Wildman–Crippen MR) is 130 cm³/mol. The number of benzene rings is 3. The van der Waals surface area contributed by atoms with Crippen molar-refractivity contribution in [2.45, 2.75) is 44.3 Å². The molecule has 1 atom stereocenters. The number of halogens is 4. The molecule has 0 saturated heterocycles. The molecule has 0 heterocycles. The third-order valence-electron chi connectivity index (χ3n) is 5.31. The maximum Gasteiger partial charge on any atom is 0.417 e. The maximum absolute atomic E-state index is 13.3. The molecular weight excluding hydrogens is 501 g/mol. The van der Waals surface area contributed by atoms with Crippen molar-refractivity contribution >= 4 is 33.2 Å². The Balaban J connectivity index is 1.96. The molecule has 0 fully saturated rings. The number of carbonyl (C=O) groups is 1. The normalized spacial score (nSPS) is 12.9. The first kappa shape index (κ1) is 26.7. The van der Waals surface area contributed by atoms with Gasteiger partial charge in [-0.25, -0.2) is 8.42 Å². The van der Waals surface area contributed by atoms with Crippen LogP contribution in [0.3, 0.4) is 0 Å². The lowest BCUT2D eigenvalue weighted by atomic mass is 10.1. The Labute approximate surface area is 207 Å². The van der Waals surface area contributed by atoms with Crippen LogP contribution in [-0.2, 0) is 27.4 Å². The lowest BCUT2D eigenvalue weighted by molar-refractivity contribution is -0.137. The molecule has 0 aliphatic rings. The standard InChI is InChI=1S/C25H24ClF3N2O3S/c1-15-11-16(2)23(17(3)12-15)35(33,34)31-22(13-18-7-5-4-6-8-18)24(32)30-19-9-10-21(26)20(14-19)25(27,28)29/h4-12,14,22,31H,13H2,1-3H3,(H,30,32)/t22-/m1/s1. The van der Waals surface area contributed by atoms with E-state index < -0.39 is 38.7 Å². The summed E-state index contributed by atoms with van der Waals surface area (Å²) in [5.74, 6) is -0.810. The van der Waals surface area contributed by atoms with Crippen molar-refractivity contribution in [3.05, 3.63) is 93.5 Å². The number of hydrogen-bond acceptors (Lipinski definition) is 3. The van der Waals surface area contributed by atoms with Crippen LogP contribution in [0.2, 0.25) is 5.02 Å². The Morgan fingerprint density at radius 3 is 2.14 bits per heavy atom. The highest BCUT2D eigenvalue weighted by molar-refractivity contribution is 7.89. The lowest BCUT2D eigenvalue weighted by Gasteiger charge is -2.21. The van der Waals surface area contributed by atoms with Crippen LogP contribution in [0.4, 0.5) is 18.9 Å². The number of carbonyl (C=O) groups excluding carboxylic acids is 1. The number of sulfonamides is 1. The second-order valence-corrected chi connectivity index (χ2v) is 10.3. The zero-order valence-electron chi connectivity index (χ0n) is 19.2. The van der Waals surface area contributed by atoms with Crippen LogP contribution >= 0.6 is 11.6 Å². The molecule has 3 aromatic carbocycles. The van der Waals surface area contributed by atoms with Gasteiger partial charge >= 0.3 is 6.18 Å². The van der Waals surface area contributed by atoms with Crippen LogP contribution in [0.5, 0.6) is 0 Å². The molecule has 10 heteroatoms. The molecule has 0 aliphatic carbocycles. The van der Waals surface area contributed by atoms with E-state index in [-0.39, 0.29) is 17.0 Å². The van der Waals surface area contributed by atoms with E-state index in [0.29, 0.717) is 22.8 Å². The van der Waals surface area contributed by atoms with E-state index in [2.05, 4.69) is 10.0 Å². The van der Waals surface area contributed by atoms with Crippen molar-refractivity contribution < 1.29 is 26.4 Å². The first-order chi connectivity index (χ1) is 16.3. The van der Waals surface area contributed by atoms with Crippen LogP contribution in [0.1, 0.15) is 27.8 Å². The molecule has 35 heavy (non-hydrogen) atoms. The van der Waals surface area contributed by atoms with E-state index in [0.717, 1.165) is 11.6 Å². The summed E-state index contributed by atoms with van der Waals surface area (Å²) >= 11 is 5.66. The minimum Gasteiger partial charge on any atom is -0.325 e. The third kappa shape index (κ3) is 6.62. The molecule has 0 saturated carbocycles. The van der Waals surface area contributed by atoms with Gasteiger partial charge in [-0.1, -0.05) is 59.6 Å². The molecule has 5 nitrogen and oxygen atoms in total. The van der Waals surface area contributed by atoms with Gasteiger partial charge in [0, 0.05) is 5.69 Å². The molecule has 0 aromatic heterocycles. The average molecular weight is 525 g/mol. The van der Waals surface area contributed by atoms with Crippen molar-refractivity contribution in [2.75, 3.05) is 5.32 Å². The van der Waals surface area contributed by atoms with Gasteiger partial charge in [-0.05, 0) is 62.1 Å². The molecule has 2 N–H and O–H groups in total. The SMILES string of the molecule is Cc1cc(C)c(S(=O)(=O)N[C@H](Cc2ccccc2)C(=O)Nc2ccc(Cl)c(C(F)(F)F)c2)c(C)c1. The van der Waals surface area contributed by atoms with Gasteiger partial charge in [-0.3, -0.25) is 4.79 Å². The second kappa shape index (κ2) is 10.4. The fourth-order valence-electron chi connectivity index (χ4n) is 3.92. The summed E-state index contributed by atoms with van der Waals surface area (Å²) in [4.78, 5) is 13.2. The van der Waals surface area contributed by atoms with E-state index in [4.69, 9.17) is 11.6 Å². The predicted octanol–water partition coefficient (Wildman–Crippen LogP) is 5.81. The number of hydrogen-bond donors (Lipinski definition) is 2. The molecule has 0 spiro atoms. The molecular formula is C25H24ClF3N2O3S. The molecule has 3 aromatic rings. The third-order valence-corrected chi connectivity index (χ3v) is 7.42. The fraction of sp³-hybridized carbons (Fsp3) is 0.240. The van der Waals surface area contributed by atoms with E-state index in [9.17, 15) is 26.4 Å². The van der Waals surface area contributed by atoms with Gasteiger partial charge in [0.05, 0.1) is 15.5 Å². The first-order valence-corrected chi connectivity index (χ1v) is 12.5. The highest BCUT2D eigenvalue weighted by atomic mass is 35.5. The monoisotopic (exact) mass is 524 g/mol. The Morgan fingerprint density at radius 1 is 0.971 bits per heavy atom. The minimum absolute atomic E-state index is 0.0183. The molecule has 1 amide bonds. The second-order valence-electron chi connectivity index (χ2n) is 8.27. The van der Waals surface area contributed by atoms with Gasteiger partial charge in [-0.2, -0.15) is 17.9 Å². The quantitative estimate of drug-likeness (QED) is 0.409. The first-order valence-electron chi connectivity index (χ1n) is 10.6. The highest BCUT2D eigenvalue weighted by Crippen LogP contribution is 2.36. The summed E-state index contributed by atoms with van der Waals surface area (Å²) in [6, 6.07) is 13.8. The van der Waals surface area contributed by atoms with E-state index in [1.807, 2.05) is 6.92 Å². The van der Waals surface area contributed by atoms with Crippen LogP contribution < -0.4 is 10.0 Å². The van der Waals surface area contributed by atoms with Crippen LogP contribution in [0.15, 0.2) is 65.6 Å². The highest BCUT2D eigenvalue weighted by Gasteiger charge is 2.34. The molecule has 3 rings (SSSR count). The zero-order chi connectivity index (χ0) is 26.0. The summed E-state index contributed by atoms with van der Waals surface area (Å²) in [5, 5.41) is 1.88. The number of rotatable bonds is 7.